The Kier molecular flexibility index (Phi) is 9.85. The normalized spacial score (nSPS) is 12.0. The summed E-state index contributed by atoms with van der Waals surface area (Å²) in [6, 6.07) is 12.5. The van der Waals surface area contributed by atoms with Gasteiger partial charge in [0.15, 0.2) is 6.61 Å². The fourth-order valence-electron chi connectivity index (χ4n) is 3.17. The number of hydrogen-bond donors (Lipinski definition) is 1. The molecule has 0 atom stereocenters. The standard InChI is InChI=1S/C25H26F3N3O5S/c1-4-31(15-23(32)36-16-25(26,27)28)22-11-8-19(17(3)12-22)13-20(14-29)24(33)18-6-9-21(10-7-18)30-37(34,35)5-2/h6-13,30H,4-5,15-16H2,1-3H3/b20-13-. The minimum atomic E-state index is -4.61. The van der Waals surface area contributed by atoms with E-state index >= 15 is 0 Å². The number of nitriles is 1. The lowest BCUT2D eigenvalue weighted by Gasteiger charge is -2.23. The van der Waals surface area contributed by atoms with Crippen molar-refractivity contribution in [2.75, 3.05) is 35.1 Å². The molecule has 2 aromatic carbocycles. The van der Waals surface area contributed by atoms with Gasteiger partial charge in [-0.1, -0.05) is 6.07 Å². The highest BCUT2D eigenvalue weighted by Crippen LogP contribution is 2.23. The van der Waals surface area contributed by atoms with E-state index in [1.807, 2.05) is 6.07 Å². The average Bonchev–Trinajstić information content (AvgIpc) is 2.84. The van der Waals surface area contributed by atoms with Crippen molar-refractivity contribution in [3.05, 3.63) is 64.7 Å². The summed E-state index contributed by atoms with van der Waals surface area (Å²) >= 11 is 0. The molecule has 0 saturated heterocycles. The van der Waals surface area contributed by atoms with Gasteiger partial charge in [-0.25, -0.2) is 8.42 Å². The number of sulfonamides is 1. The first kappa shape index (κ1) is 29.4. The number of aryl methyl sites for hydroxylation is 1. The van der Waals surface area contributed by atoms with Crippen LogP contribution in [0.25, 0.3) is 6.08 Å². The van der Waals surface area contributed by atoms with Crippen LogP contribution in [-0.4, -0.2) is 51.8 Å². The molecular weight excluding hydrogens is 511 g/mol. The van der Waals surface area contributed by atoms with Gasteiger partial charge in [-0.15, -0.1) is 0 Å². The van der Waals surface area contributed by atoms with Crippen LogP contribution in [0, 0.1) is 18.3 Å². The number of carbonyl (C=O) groups is 2. The van der Waals surface area contributed by atoms with Crippen LogP contribution in [0.5, 0.6) is 0 Å². The van der Waals surface area contributed by atoms with E-state index in [1.54, 1.807) is 32.0 Å². The van der Waals surface area contributed by atoms with Crippen molar-refractivity contribution in [3.8, 4) is 6.07 Å². The largest absolute Gasteiger partial charge is 0.455 e. The number of Topliss-reactive ketones (excluding diaryl/α,β-unsaturated/α-hetero) is 1. The maximum Gasteiger partial charge on any atom is 0.422 e. The van der Waals surface area contributed by atoms with E-state index in [9.17, 15) is 36.4 Å². The van der Waals surface area contributed by atoms with Crippen LogP contribution in [-0.2, 0) is 19.6 Å². The Hall–Kier alpha value is -3.85. The molecule has 0 amide bonds. The van der Waals surface area contributed by atoms with Gasteiger partial charge in [-0.05, 0) is 74.4 Å². The number of halogens is 3. The third-order valence-corrected chi connectivity index (χ3v) is 6.49. The van der Waals surface area contributed by atoms with Gasteiger partial charge in [0.2, 0.25) is 15.8 Å². The van der Waals surface area contributed by atoms with Crippen molar-refractivity contribution in [3.63, 3.8) is 0 Å². The van der Waals surface area contributed by atoms with Crippen LogP contribution in [0.15, 0.2) is 48.0 Å². The number of benzene rings is 2. The van der Waals surface area contributed by atoms with E-state index in [2.05, 4.69) is 9.46 Å². The highest BCUT2D eigenvalue weighted by Gasteiger charge is 2.29. The number of nitrogens with one attached hydrogen (secondary N) is 1. The molecule has 0 fully saturated rings. The molecule has 0 radical (unpaired) electrons. The van der Waals surface area contributed by atoms with Crippen molar-refractivity contribution in [1.82, 2.24) is 0 Å². The number of esters is 1. The van der Waals surface area contributed by atoms with Gasteiger partial charge in [-0.3, -0.25) is 14.3 Å². The van der Waals surface area contributed by atoms with Gasteiger partial charge in [0, 0.05) is 23.5 Å². The summed E-state index contributed by atoms with van der Waals surface area (Å²) in [5.41, 5.74) is 2.09. The zero-order valence-electron chi connectivity index (χ0n) is 20.4. The second-order valence-electron chi connectivity index (χ2n) is 7.91. The molecule has 0 heterocycles. The summed E-state index contributed by atoms with van der Waals surface area (Å²) < 4.78 is 66.8. The van der Waals surface area contributed by atoms with E-state index in [0.29, 0.717) is 23.4 Å². The fourth-order valence-corrected chi connectivity index (χ4v) is 3.81. The predicted molar refractivity (Wildman–Crippen MR) is 134 cm³/mol. The highest BCUT2D eigenvalue weighted by molar-refractivity contribution is 7.92. The maximum absolute atomic E-state index is 12.9. The second-order valence-corrected chi connectivity index (χ2v) is 9.92. The van der Waals surface area contributed by atoms with Crippen molar-refractivity contribution < 1.29 is 35.9 Å². The average molecular weight is 538 g/mol. The predicted octanol–water partition coefficient (Wildman–Crippen LogP) is 4.48. The van der Waals surface area contributed by atoms with Crippen LogP contribution in [0.2, 0.25) is 0 Å². The molecule has 8 nitrogen and oxygen atoms in total. The van der Waals surface area contributed by atoms with Crippen molar-refractivity contribution in [2.24, 2.45) is 0 Å². The summed E-state index contributed by atoms with van der Waals surface area (Å²) in [4.78, 5) is 26.2. The SMILES string of the molecule is CCN(CC(=O)OCC(F)(F)F)c1ccc(/C=C(/C#N)C(=O)c2ccc(NS(=O)(=O)CC)cc2)c(C)c1. The number of carbonyl (C=O) groups excluding carboxylic acids is 2. The van der Waals surface area contributed by atoms with E-state index in [0.717, 1.165) is 0 Å². The quantitative estimate of drug-likeness (QED) is 0.194. The van der Waals surface area contributed by atoms with Crippen molar-refractivity contribution >= 4 is 39.2 Å². The minimum Gasteiger partial charge on any atom is -0.455 e. The number of ether oxygens (including phenoxy) is 1. The molecule has 198 valence electrons. The smallest absolute Gasteiger partial charge is 0.422 e. The number of rotatable bonds is 11. The molecule has 0 bridgehead atoms. The molecule has 2 rings (SSSR count). The minimum absolute atomic E-state index is 0.106. The lowest BCUT2D eigenvalue weighted by atomic mass is 9.99. The molecule has 2 aromatic rings. The number of alkyl halides is 3. The third kappa shape index (κ3) is 8.95. The Morgan fingerprint density at radius 1 is 1.14 bits per heavy atom. The Balaban J connectivity index is 2.20. The second kappa shape index (κ2) is 12.4. The summed E-state index contributed by atoms with van der Waals surface area (Å²) in [5, 5.41) is 9.57. The zero-order valence-corrected chi connectivity index (χ0v) is 21.2. The van der Waals surface area contributed by atoms with Crippen LogP contribution in [0.1, 0.15) is 35.3 Å². The lowest BCUT2D eigenvalue weighted by Crippen LogP contribution is -2.32. The Bertz CT molecular complexity index is 1310. The number of allylic oxidation sites excluding steroid dienone is 1. The zero-order chi connectivity index (χ0) is 27.8. The Labute approximate surface area is 213 Å². The first-order valence-corrected chi connectivity index (χ1v) is 12.8. The first-order chi connectivity index (χ1) is 17.3. The van der Waals surface area contributed by atoms with Crippen LogP contribution >= 0.6 is 0 Å². The number of nitrogens with zero attached hydrogens (tertiary/aromatic N) is 2. The van der Waals surface area contributed by atoms with Crippen LogP contribution < -0.4 is 9.62 Å². The Morgan fingerprint density at radius 3 is 2.30 bits per heavy atom. The molecule has 1 N–H and O–H groups in total. The van der Waals surface area contributed by atoms with Gasteiger partial charge in [0.1, 0.15) is 18.2 Å². The third-order valence-electron chi connectivity index (χ3n) is 5.18. The maximum atomic E-state index is 12.9. The van der Waals surface area contributed by atoms with E-state index in [1.165, 1.54) is 42.2 Å². The molecule has 0 saturated carbocycles. The fraction of sp³-hybridized carbons (Fsp3) is 0.320. The summed E-state index contributed by atoms with van der Waals surface area (Å²) in [6.45, 7) is 3.22. The molecule has 12 heteroatoms. The number of hydrogen-bond acceptors (Lipinski definition) is 7. The molecule has 0 aliphatic carbocycles. The first-order valence-electron chi connectivity index (χ1n) is 11.1. The van der Waals surface area contributed by atoms with Gasteiger partial charge in [0.05, 0.1) is 5.75 Å². The topological polar surface area (TPSA) is 117 Å². The van der Waals surface area contributed by atoms with Crippen molar-refractivity contribution in [2.45, 2.75) is 26.9 Å². The molecule has 0 spiro atoms. The molecule has 0 aliphatic rings. The lowest BCUT2D eigenvalue weighted by molar-refractivity contribution is -0.185. The van der Waals surface area contributed by atoms with E-state index < -0.39 is 34.6 Å². The van der Waals surface area contributed by atoms with E-state index in [4.69, 9.17) is 0 Å². The van der Waals surface area contributed by atoms with Crippen LogP contribution in [0.3, 0.4) is 0 Å². The van der Waals surface area contributed by atoms with Gasteiger partial charge < -0.3 is 9.64 Å². The van der Waals surface area contributed by atoms with E-state index in [-0.39, 0.29) is 29.1 Å². The molecule has 0 unspecified atom stereocenters. The molecule has 37 heavy (non-hydrogen) atoms. The molecular formula is C25H26F3N3O5S. The van der Waals surface area contributed by atoms with Gasteiger partial charge in [0.25, 0.3) is 0 Å². The summed E-state index contributed by atoms with van der Waals surface area (Å²) in [5.74, 6) is -1.68. The van der Waals surface area contributed by atoms with Gasteiger partial charge >= 0.3 is 12.1 Å². The summed E-state index contributed by atoms with van der Waals surface area (Å²) in [7, 11) is -3.47. The highest BCUT2D eigenvalue weighted by atomic mass is 32.2. The molecule has 0 aliphatic heterocycles. The van der Waals surface area contributed by atoms with Crippen LogP contribution in [0.4, 0.5) is 24.5 Å². The van der Waals surface area contributed by atoms with Gasteiger partial charge in [-0.2, -0.15) is 18.4 Å². The van der Waals surface area contributed by atoms with Crippen molar-refractivity contribution in [1.29, 1.82) is 5.26 Å². The number of ketones is 1. The molecule has 0 aromatic heterocycles. The number of anilines is 2. The number of likely N-dealkylation sites (N-methyl/N-ethyl adjacent to an activating group) is 1. The monoisotopic (exact) mass is 537 g/mol. The Morgan fingerprint density at radius 2 is 1.78 bits per heavy atom. The summed E-state index contributed by atoms with van der Waals surface area (Å²) in [6.07, 6.45) is -3.20.